The summed E-state index contributed by atoms with van der Waals surface area (Å²) in [7, 11) is 0. The van der Waals surface area contributed by atoms with E-state index in [1.54, 1.807) is 18.5 Å². The molecule has 2 N–H and O–H groups in total. The summed E-state index contributed by atoms with van der Waals surface area (Å²) in [6.45, 7) is 14.0. The number of imide groups is 1. The number of benzene rings is 2. The predicted octanol–water partition coefficient (Wildman–Crippen LogP) is 6.63. The zero-order chi connectivity index (χ0) is 43.2. The van der Waals surface area contributed by atoms with E-state index in [1.807, 2.05) is 25.1 Å². The Labute approximate surface area is 362 Å². The molecule has 1 saturated carbocycles. The molecule has 5 aliphatic rings. The minimum absolute atomic E-state index is 0.0000544. The third-order valence-electron chi connectivity index (χ3n) is 14.1. The van der Waals surface area contributed by atoms with Crippen LogP contribution >= 0.6 is 0 Å². The molecule has 4 fully saturated rings. The smallest absolute Gasteiger partial charge is 0.255 e. The van der Waals surface area contributed by atoms with Crippen molar-refractivity contribution in [3.63, 3.8) is 0 Å². The van der Waals surface area contributed by atoms with E-state index in [9.17, 15) is 14.4 Å². The van der Waals surface area contributed by atoms with Gasteiger partial charge in [-0.25, -0.2) is 14.4 Å². The number of carbonyl (C=O) groups is 3. The number of nitrogens with zero attached hydrogens (tertiary/aromatic N) is 7. The lowest BCUT2D eigenvalue weighted by atomic mass is 9.85. The summed E-state index contributed by atoms with van der Waals surface area (Å²) in [4.78, 5) is 54.6. The first-order valence-electron chi connectivity index (χ1n) is 22.7. The van der Waals surface area contributed by atoms with Crippen LogP contribution in [0.1, 0.15) is 108 Å². The molecule has 9 rings (SSSR count). The van der Waals surface area contributed by atoms with E-state index in [0.29, 0.717) is 42.0 Å². The lowest BCUT2D eigenvalue weighted by molar-refractivity contribution is -0.129. The molecule has 0 bridgehead atoms. The Morgan fingerprint density at radius 3 is 2.47 bits per heavy atom. The first-order chi connectivity index (χ1) is 29.9. The number of halogens is 1. The lowest BCUT2D eigenvalue weighted by Gasteiger charge is -2.48. The molecule has 330 valence electrons. The largest absolute Gasteiger partial charge is 0.488 e. The van der Waals surface area contributed by atoms with Crippen LogP contribution in [0.2, 0.25) is 0 Å². The molecular formula is C47H60FN9O5. The Kier molecular flexibility index (Phi) is 11.7. The van der Waals surface area contributed by atoms with Gasteiger partial charge in [-0.05, 0) is 115 Å². The molecule has 4 aromatic rings. The highest BCUT2D eigenvalue weighted by molar-refractivity contribution is 6.02. The fraction of sp³-hybridized carbons (Fsp3) is 0.574. The van der Waals surface area contributed by atoms with Crippen LogP contribution in [0.15, 0.2) is 42.7 Å². The first-order valence-corrected chi connectivity index (χ1v) is 22.7. The van der Waals surface area contributed by atoms with Crippen molar-refractivity contribution in [1.29, 1.82) is 0 Å². The Morgan fingerprint density at radius 1 is 0.984 bits per heavy atom. The Balaban J connectivity index is 0.743. The van der Waals surface area contributed by atoms with Gasteiger partial charge in [-0.3, -0.25) is 29.7 Å². The number of likely N-dealkylation sites (tertiary alicyclic amines) is 1. The SMILES string of the molecule is CCCC(C(=O)NC=O)N1Cc2c(ccc(N3CCC(CN4CC[C@@H](OC5CCN(c6cc(-c7n[nH]c8ccc(OC9(C)CC9)cc78)ncn6)CC5)CC4(C)C)CC3)c2F)C1=O. The molecule has 0 radical (unpaired) electrons. The number of hydrogen-bond acceptors (Lipinski definition) is 11. The lowest BCUT2D eigenvalue weighted by Crippen LogP contribution is -2.54. The van der Waals surface area contributed by atoms with Gasteiger partial charge >= 0.3 is 0 Å². The van der Waals surface area contributed by atoms with Gasteiger partial charge in [0.15, 0.2) is 5.82 Å². The van der Waals surface area contributed by atoms with Crippen LogP contribution in [0.3, 0.4) is 0 Å². The number of carbonyl (C=O) groups excluding carboxylic acids is 3. The summed E-state index contributed by atoms with van der Waals surface area (Å²) in [5.74, 6) is 0.965. The normalized spacial score (nSPS) is 22.2. The monoisotopic (exact) mass is 849 g/mol. The number of hydrogen-bond donors (Lipinski definition) is 2. The van der Waals surface area contributed by atoms with E-state index >= 15 is 4.39 Å². The van der Waals surface area contributed by atoms with Gasteiger partial charge in [0.25, 0.3) is 5.91 Å². The summed E-state index contributed by atoms with van der Waals surface area (Å²) in [5.41, 5.74) is 3.61. The number of anilines is 2. The zero-order valence-electron chi connectivity index (χ0n) is 36.5. The average molecular weight is 850 g/mol. The molecule has 2 aromatic heterocycles. The molecule has 2 atom stereocenters. The molecule has 3 amide bonds. The van der Waals surface area contributed by atoms with E-state index in [-0.39, 0.29) is 41.6 Å². The molecule has 14 nitrogen and oxygen atoms in total. The fourth-order valence-electron chi connectivity index (χ4n) is 10.2. The summed E-state index contributed by atoms with van der Waals surface area (Å²) in [6.07, 6.45) is 11.4. The highest BCUT2D eigenvalue weighted by atomic mass is 19.1. The van der Waals surface area contributed by atoms with Gasteiger partial charge in [0, 0.05) is 67.4 Å². The van der Waals surface area contributed by atoms with Crippen molar-refractivity contribution >= 4 is 40.6 Å². The summed E-state index contributed by atoms with van der Waals surface area (Å²) < 4.78 is 29.2. The summed E-state index contributed by atoms with van der Waals surface area (Å²) in [5, 5.41) is 10.9. The van der Waals surface area contributed by atoms with E-state index in [2.05, 4.69) is 67.0 Å². The van der Waals surface area contributed by atoms with Crippen LogP contribution in [0.4, 0.5) is 15.9 Å². The van der Waals surface area contributed by atoms with E-state index in [1.165, 1.54) is 4.90 Å². The predicted molar refractivity (Wildman–Crippen MR) is 234 cm³/mol. The van der Waals surface area contributed by atoms with E-state index in [4.69, 9.17) is 9.47 Å². The van der Waals surface area contributed by atoms with Crippen molar-refractivity contribution in [3.8, 4) is 17.1 Å². The number of aromatic nitrogens is 4. The maximum Gasteiger partial charge on any atom is 0.255 e. The number of ether oxygens (including phenoxy) is 2. The maximum atomic E-state index is 16.1. The second kappa shape index (κ2) is 17.2. The van der Waals surface area contributed by atoms with E-state index < -0.39 is 11.9 Å². The molecule has 4 aliphatic heterocycles. The molecular weight excluding hydrogens is 790 g/mol. The summed E-state index contributed by atoms with van der Waals surface area (Å²) in [6, 6.07) is 10.7. The van der Waals surface area contributed by atoms with E-state index in [0.717, 1.165) is 124 Å². The number of nitrogens with one attached hydrogen (secondary N) is 2. The molecule has 3 saturated heterocycles. The molecule has 1 unspecified atom stereocenters. The second-order valence-corrected chi connectivity index (χ2v) is 19.0. The number of aromatic amines is 1. The van der Waals surface area contributed by atoms with Crippen molar-refractivity contribution in [2.75, 3.05) is 49.1 Å². The third kappa shape index (κ3) is 8.62. The minimum atomic E-state index is -0.824. The highest BCUT2D eigenvalue weighted by Crippen LogP contribution is 2.41. The molecule has 0 spiro atoms. The van der Waals surface area contributed by atoms with Crippen LogP contribution < -0.4 is 19.9 Å². The number of rotatable bonds is 14. The van der Waals surface area contributed by atoms with Gasteiger partial charge in [0.2, 0.25) is 12.3 Å². The Morgan fingerprint density at radius 2 is 1.74 bits per heavy atom. The van der Waals surface area contributed by atoms with Gasteiger partial charge in [0.05, 0.1) is 35.7 Å². The Bertz CT molecular complexity index is 2300. The molecule has 15 heteroatoms. The number of amides is 3. The van der Waals surface area contributed by atoms with Crippen molar-refractivity contribution < 1.29 is 28.2 Å². The first kappa shape index (κ1) is 42.2. The van der Waals surface area contributed by atoms with Crippen LogP contribution in [0, 0.1) is 11.7 Å². The van der Waals surface area contributed by atoms with Crippen LogP contribution in [-0.4, -0.2) is 117 Å². The van der Waals surface area contributed by atoms with Gasteiger partial charge in [-0.1, -0.05) is 13.3 Å². The van der Waals surface area contributed by atoms with Gasteiger partial charge < -0.3 is 24.2 Å². The number of H-pyrrole nitrogens is 1. The van der Waals surface area contributed by atoms with Gasteiger partial charge in [-0.2, -0.15) is 5.10 Å². The molecule has 6 heterocycles. The van der Waals surface area contributed by atoms with Crippen molar-refractivity contribution in [1.82, 2.24) is 35.3 Å². The molecule has 62 heavy (non-hydrogen) atoms. The van der Waals surface area contributed by atoms with Crippen LogP contribution in [-0.2, 0) is 20.9 Å². The zero-order valence-corrected chi connectivity index (χ0v) is 36.5. The van der Waals surface area contributed by atoms with Crippen molar-refractivity contribution in [2.24, 2.45) is 5.92 Å². The summed E-state index contributed by atoms with van der Waals surface area (Å²) >= 11 is 0. The topological polar surface area (TPSA) is 149 Å². The molecule has 2 aromatic carbocycles. The number of fused-ring (bicyclic) bond motifs is 2. The third-order valence-corrected chi connectivity index (χ3v) is 14.1. The standard InChI is InChI=1S/C47H60FN9O5/c1-5-6-40(44(59)51-29-58)57-27-36-34(45(57)60)8-10-39(42(36)48)54-18-11-30(12-19-54)26-56-22-15-33(25-46(56,2)3)61-31-13-20-55(21-14-31)41-24-38(49-28-50-41)43-35-23-32(62-47(4)16-17-47)7-9-37(35)52-53-43/h7-10,23-24,28-31,33,40H,5-6,11-22,25-27H2,1-4H3,(H,52,53)(H,51,58,59)/t33-,40?/m1/s1. The number of piperidine rings is 3. The van der Waals surface area contributed by atoms with Crippen LogP contribution in [0.5, 0.6) is 5.75 Å². The maximum absolute atomic E-state index is 16.1. The Hall–Kier alpha value is -5.15. The van der Waals surface area contributed by atoms with Crippen molar-refractivity contribution in [2.45, 2.75) is 128 Å². The quantitative estimate of drug-likeness (QED) is 0.132. The fourth-order valence-corrected chi connectivity index (χ4v) is 10.2. The van der Waals surface area contributed by atoms with Crippen LogP contribution in [0.25, 0.3) is 22.3 Å². The minimum Gasteiger partial charge on any atom is -0.488 e. The molecule has 1 aliphatic carbocycles. The van der Waals surface area contributed by atoms with Gasteiger partial charge in [0.1, 0.15) is 35.2 Å². The second-order valence-electron chi connectivity index (χ2n) is 19.0. The average Bonchev–Trinajstić information content (AvgIpc) is 3.68. The highest BCUT2D eigenvalue weighted by Gasteiger charge is 2.42. The van der Waals surface area contributed by atoms with Gasteiger partial charge in [-0.15, -0.1) is 0 Å². The van der Waals surface area contributed by atoms with Crippen molar-refractivity contribution in [3.05, 3.63) is 59.7 Å².